The Morgan fingerprint density at radius 2 is 2.13 bits per heavy atom. The molecule has 1 fully saturated rings. The minimum atomic E-state index is -3.08. The number of rotatable bonds is 3. The van der Waals surface area contributed by atoms with E-state index in [1.807, 2.05) is 0 Å². The summed E-state index contributed by atoms with van der Waals surface area (Å²) in [5.41, 5.74) is 0.631. The summed E-state index contributed by atoms with van der Waals surface area (Å²) in [6.07, 6.45) is 0.384. The summed E-state index contributed by atoms with van der Waals surface area (Å²) in [4.78, 5) is 12.2. The molecule has 1 amide bonds. The minimum absolute atomic E-state index is 0.0533. The lowest BCUT2D eigenvalue weighted by atomic mass is 10.2. The predicted molar refractivity (Wildman–Crippen MR) is 80.6 cm³/mol. The van der Waals surface area contributed by atoms with Gasteiger partial charge in [-0.25, -0.2) is 17.5 Å². The van der Waals surface area contributed by atoms with Crippen molar-refractivity contribution < 1.29 is 17.6 Å². The van der Waals surface area contributed by atoms with Gasteiger partial charge in [-0.1, -0.05) is 17.3 Å². The van der Waals surface area contributed by atoms with Gasteiger partial charge in [-0.2, -0.15) is 0 Å². The first-order chi connectivity index (χ1) is 10.9. The predicted octanol–water partition coefficient (Wildman–Crippen LogP) is 0.632. The van der Waals surface area contributed by atoms with E-state index in [1.54, 1.807) is 19.1 Å². The van der Waals surface area contributed by atoms with Crippen LogP contribution in [0, 0.1) is 12.7 Å². The van der Waals surface area contributed by atoms with Crippen molar-refractivity contribution in [2.45, 2.75) is 19.4 Å². The molecular formula is C14H15FN4O3S. The molecule has 0 radical (unpaired) electrons. The number of para-hydroxylation sites is 1. The molecule has 0 bridgehead atoms. The van der Waals surface area contributed by atoms with Crippen LogP contribution in [-0.4, -0.2) is 46.9 Å². The monoisotopic (exact) mass is 338 g/mol. The van der Waals surface area contributed by atoms with Crippen molar-refractivity contribution in [3.8, 4) is 5.69 Å². The molecule has 122 valence electrons. The van der Waals surface area contributed by atoms with Crippen LogP contribution in [0.1, 0.15) is 22.6 Å². The smallest absolute Gasteiger partial charge is 0.274 e. The largest absolute Gasteiger partial charge is 0.347 e. The molecule has 0 unspecified atom stereocenters. The molecule has 2 aromatic rings. The van der Waals surface area contributed by atoms with Gasteiger partial charge in [0.15, 0.2) is 15.5 Å². The van der Waals surface area contributed by atoms with Crippen LogP contribution in [0.4, 0.5) is 4.39 Å². The Hall–Kier alpha value is -2.29. The zero-order valence-corrected chi connectivity index (χ0v) is 13.2. The summed E-state index contributed by atoms with van der Waals surface area (Å²) in [6, 6.07) is 5.61. The van der Waals surface area contributed by atoms with Gasteiger partial charge in [0, 0.05) is 6.04 Å². The van der Waals surface area contributed by atoms with Crippen LogP contribution in [0.25, 0.3) is 5.69 Å². The quantitative estimate of drug-likeness (QED) is 0.886. The summed E-state index contributed by atoms with van der Waals surface area (Å²) in [7, 11) is -3.08. The average molecular weight is 338 g/mol. The Labute approximate surface area is 132 Å². The van der Waals surface area contributed by atoms with Crippen molar-refractivity contribution in [2.75, 3.05) is 11.5 Å². The summed E-state index contributed by atoms with van der Waals surface area (Å²) in [5, 5.41) is 10.3. The van der Waals surface area contributed by atoms with E-state index in [0.29, 0.717) is 12.1 Å². The summed E-state index contributed by atoms with van der Waals surface area (Å²) >= 11 is 0. The van der Waals surface area contributed by atoms with Crippen LogP contribution in [-0.2, 0) is 9.84 Å². The highest BCUT2D eigenvalue weighted by molar-refractivity contribution is 7.91. The Balaban J connectivity index is 1.82. The van der Waals surface area contributed by atoms with Gasteiger partial charge in [0.2, 0.25) is 0 Å². The number of nitrogens with one attached hydrogen (secondary N) is 1. The van der Waals surface area contributed by atoms with E-state index in [9.17, 15) is 17.6 Å². The first-order valence-electron chi connectivity index (χ1n) is 7.06. The molecule has 9 heteroatoms. The third kappa shape index (κ3) is 3.09. The highest BCUT2D eigenvalue weighted by atomic mass is 32.2. The number of hydrogen-bond acceptors (Lipinski definition) is 5. The molecule has 1 aromatic heterocycles. The van der Waals surface area contributed by atoms with E-state index in [-0.39, 0.29) is 22.9 Å². The van der Waals surface area contributed by atoms with Gasteiger partial charge in [-0.15, -0.1) is 5.10 Å². The molecule has 0 saturated carbocycles. The molecule has 1 aliphatic rings. The van der Waals surface area contributed by atoms with Gasteiger partial charge in [0.1, 0.15) is 11.5 Å². The van der Waals surface area contributed by atoms with Crippen LogP contribution < -0.4 is 5.32 Å². The SMILES string of the molecule is Cc1c(C(=O)N[C@@H]2CCS(=O)(=O)C2)nnn1-c1ccccc1F. The molecule has 1 saturated heterocycles. The first-order valence-corrected chi connectivity index (χ1v) is 8.88. The second-order valence-electron chi connectivity index (χ2n) is 5.46. The number of halogens is 1. The number of nitrogens with zero attached hydrogens (tertiary/aromatic N) is 3. The average Bonchev–Trinajstić information content (AvgIpc) is 3.02. The lowest BCUT2D eigenvalue weighted by Crippen LogP contribution is -2.36. The van der Waals surface area contributed by atoms with Gasteiger partial charge in [-0.3, -0.25) is 4.79 Å². The van der Waals surface area contributed by atoms with Crippen molar-refractivity contribution >= 4 is 15.7 Å². The summed E-state index contributed by atoms with van der Waals surface area (Å²) < 4.78 is 37.9. The lowest BCUT2D eigenvalue weighted by Gasteiger charge is -2.09. The van der Waals surface area contributed by atoms with Crippen LogP contribution in [0.3, 0.4) is 0 Å². The lowest BCUT2D eigenvalue weighted by molar-refractivity contribution is 0.0935. The molecule has 1 aliphatic heterocycles. The molecule has 23 heavy (non-hydrogen) atoms. The highest BCUT2D eigenvalue weighted by Gasteiger charge is 2.30. The maximum atomic E-state index is 13.8. The van der Waals surface area contributed by atoms with E-state index in [4.69, 9.17) is 0 Å². The second-order valence-corrected chi connectivity index (χ2v) is 7.69. The number of amides is 1. The first kappa shape index (κ1) is 15.6. The second kappa shape index (κ2) is 5.73. The summed E-state index contributed by atoms with van der Waals surface area (Å²) in [6.45, 7) is 1.60. The molecule has 3 rings (SSSR count). The number of sulfone groups is 1. The van der Waals surface area contributed by atoms with Crippen molar-refractivity contribution in [2.24, 2.45) is 0 Å². The molecule has 1 aromatic carbocycles. The fourth-order valence-corrected chi connectivity index (χ4v) is 4.23. The topological polar surface area (TPSA) is 93.9 Å². The number of carbonyl (C=O) groups excluding carboxylic acids is 1. The molecule has 1 N–H and O–H groups in total. The number of aromatic nitrogens is 3. The van der Waals surface area contributed by atoms with E-state index in [1.165, 1.54) is 16.8 Å². The Morgan fingerprint density at radius 1 is 1.39 bits per heavy atom. The van der Waals surface area contributed by atoms with Gasteiger partial charge >= 0.3 is 0 Å². The molecule has 7 nitrogen and oxygen atoms in total. The van der Waals surface area contributed by atoms with E-state index < -0.39 is 27.6 Å². The van der Waals surface area contributed by atoms with Crippen LogP contribution in [0.2, 0.25) is 0 Å². The fraction of sp³-hybridized carbons (Fsp3) is 0.357. The van der Waals surface area contributed by atoms with Crippen molar-refractivity contribution in [3.63, 3.8) is 0 Å². The molecular weight excluding hydrogens is 323 g/mol. The van der Waals surface area contributed by atoms with Crippen molar-refractivity contribution in [3.05, 3.63) is 41.5 Å². The molecule has 1 atom stereocenters. The van der Waals surface area contributed by atoms with Crippen LogP contribution >= 0.6 is 0 Å². The maximum Gasteiger partial charge on any atom is 0.274 e. The molecule has 2 heterocycles. The standard InChI is InChI=1S/C14H15FN4O3S/c1-9-13(14(20)16-10-6-7-23(21,22)8-10)17-18-19(9)12-5-3-2-4-11(12)15/h2-5,10H,6-8H2,1H3,(H,16,20)/t10-/m1/s1. The highest BCUT2D eigenvalue weighted by Crippen LogP contribution is 2.16. The third-order valence-electron chi connectivity index (χ3n) is 3.76. The normalized spacial score (nSPS) is 19.7. The van der Waals surface area contributed by atoms with E-state index in [2.05, 4.69) is 15.6 Å². The maximum absolute atomic E-state index is 13.8. The summed E-state index contributed by atoms with van der Waals surface area (Å²) in [5.74, 6) is -0.987. The zero-order valence-electron chi connectivity index (χ0n) is 12.4. The van der Waals surface area contributed by atoms with Crippen molar-refractivity contribution in [1.82, 2.24) is 20.3 Å². The Bertz CT molecular complexity index is 863. The van der Waals surface area contributed by atoms with Crippen LogP contribution in [0.15, 0.2) is 24.3 Å². The Morgan fingerprint density at radius 3 is 2.78 bits per heavy atom. The van der Waals surface area contributed by atoms with Gasteiger partial charge in [-0.05, 0) is 25.5 Å². The Kier molecular flexibility index (Phi) is 3.88. The van der Waals surface area contributed by atoms with E-state index >= 15 is 0 Å². The van der Waals surface area contributed by atoms with Gasteiger partial charge in [0.25, 0.3) is 5.91 Å². The molecule has 0 aliphatic carbocycles. The fourth-order valence-electron chi connectivity index (χ4n) is 2.55. The third-order valence-corrected chi connectivity index (χ3v) is 5.53. The zero-order chi connectivity index (χ0) is 16.6. The van der Waals surface area contributed by atoms with Gasteiger partial charge < -0.3 is 5.32 Å². The molecule has 0 spiro atoms. The number of hydrogen-bond donors (Lipinski definition) is 1. The minimum Gasteiger partial charge on any atom is -0.347 e. The number of benzene rings is 1. The number of carbonyl (C=O) groups is 1. The van der Waals surface area contributed by atoms with Crippen LogP contribution in [0.5, 0.6) is 0 Å². The van der Waals surface area contributed by atoms with Crippen molar-refractivity contribution in [1.29, 1.82) is 0 Å². The van der Waals surface area contributed by atoms with Gasteiger partial charge in [0.05, 0.1) is 17.2 Å². The van der Waals surface area contributed by atoms with E-state index in [0.717, 1.165) is 0 Å².